The summed E-state index contributed by atoms with van der Waals surface area (Å²) in [5.74, 6) is 0. The average Bonchev–Trinajstić information content (AvgIpc) is 2.51. The Labute approximate surface area is 130 Å². The quantitative estimate of drug-likeness (QED) is 0.687. The van der Waals surface area contributed by atoms with Crippen LogP contribution in [0.1, 0.15) is 5.56 Å². The molecule has 0 saturated heterocycles. The minimum absolute atomic E-state index is 0.576. The Morgan fingerprint density at radius 1 is 1.14 bits per heavy atom. The van der Waals surface area contributed by atoms with Crippen molar-refractivity contribution >= 4 is 43.9 Å². The van der Waals surface area contributed by atoms with E-state index in [1.54, 1.807) is 12.3 Å². The first-order chi connectivity index (χ1) is 10.2. The maximum absolute atomic E-state index is 9.21. The van der Waals surface area contributed by atoms with Gasteiger partial charge in [-0.05, 0) is 42.5 Å². The zero-order valence-corrected chi connectivity index (χ0v) is 12.6. The first-order valence-electron chi connectivity index (χ1n) is 6.29. The SMILES string of the molecule is N#Cc1ccc(Br)cc1Nc1ccc(N)c2ncccc12. The highest BCUT2D eigenvalue weighted by Gasteiger charge is 2.08. The fourth-order valence-electron chi connectivity index (χ4n) is 2.17. The smallest absolute Gasteiger partial charge is 0.101 e. The summed E-state index contributed by atoms with van der Waals surface area (Å²) < 4.78 is 0.905. The molecule has 0 amide bonds. The van der Waals surface area contributed by atoms with E-state index >= 15 is 0 Å². The molecule has 0 aliphatic rings. The Kier molecular flexibility index (Phi) is 3.46. The Bertz CT molecular complexity index is 868. The molecule has 3 N–H and O–H groups in total. The Morgan fingerprint density at radius 3 is 2.81 bits per heavy atom. The maximum Gasteiger partial charge on any atom is 0.101 e. The van der Waals surface area contributed by atoms with Crippen molar-refractivity contribution in [3.05, 3.63) is 58.7 Å². The number of rotatable bonds is 2. The molecular weight excluding hydrogens is 328 g/mol. The van der Waals surface area contributed by atoms with Crippen molar-refractivity contribution in [1.29, 1.82) is 5.26 Å². The lowest BCUT2D eigenvalue weighted by molar-refractivity contribution is 1.41. The maximum atomic E-state index is 9.21. The van der Waals surface area contributed by atoms with Crippen molar-refractivity contribution < 1.29 is 0 Å². The van der Waals surface area contributed by atoms with Gasteiger partial charge in [0.25, 0.3) is 0 Å². The number of nitrogens with one attached hydrogen (secondary N) is 1. The molecule has 1 aromatic heterocycles. The van der Waals surface area contributed by atoms with E-state index < -0.39 is 0 Å². The monoisotopic (exact) mass is 338 g/mol. The number of halogens is 1. The third-order valence-electron chi connectivity index (χ3n) is 3.17. The number of nitriles is 1. The molecule has 5 heteroatoms. The van der Waals surface area contributed by atoms with Gasteiger partial charge in [-0.3, -0.25) is 4.98 Å². The number of fused-ring (bicyclic) bond motifs is 1. The number of nitrogen functional groups attached to an aromatic ring is 1. The normalized spacial score (nSPS) is 10.3. The number of nitrogens with two attached hydrogens (primary N) is 1. The molecule has 21 heavy (non-hydrogen) atoms. The van der Waals surface area contributed by atoms with Crippen molar-refractivity contribution in [2.24, 2.45) is 0 Å². The van der Waals surface area contributed by atoms with Gasteiger partial charge in [-0.1, -0.05) is 15.9 Å². The van der Waals surface area contributed by atoms with Gasteiger partial charge in [0.15, 0.2) is 0 Å². The summed E-state index contributed by atoms with van der Waals surface area (Å²) in [6.07, 6.45) is 1.71. The Balaban J connectivity index is 2.13. The number of hydrogen-bond acceptors (Lipinski definition) is 4. The zero-order valence-electron chi connectivity index (χ0n) is 11.0. The first kappa shape index (κ1) is 13.4. The second kappa shape index (κ2) is 5.43. The molecule has 0 atom stereocenters. The molecule has 0 unspecified atom stereocenters. The van der Waals surface area contributed by atoms with Gasteiger partial charge in [-0.25, -0.2) is 0 Å². The minimum atomic E-state index is 0.576. The van der Waals surface area contributed by atoms with Gasteiger partial charge in [0.05, 0.1) is 22.5 Å². The molecule has 4 nitrogen and oxygen atoms in total. The third kappa shape index (κ3) is 2.54. The number of hydrogen-bond donors (Lipinski definition) is 2. The standard InChI is InChI=1S/C16H11BrN4/c17-11-4-3-10(9-18)15(8-11)21-14-6-5-13(19)16-12(14)2-1-7-20-16/h1-8,21H,19H2. The summed E-state index contributed by atoms with van der Waals surface area (Å²) >= 11 is 3.42. The van der Waals surface area contributed by atoms with E-state index in [2.05, 4.69) is 32.3 Å². The van der Waals surface area contributed by atoms with Crippen LogP contribution in [0.5, 0.6) is 0 Å². The first-order valence-corrected chi connectivity index (χ1v) is 7.08. The number of benzene rings is 2. The topological polar surface area (TPSA) is 74.7 Å². The number of pyridine rings is 1. The molecule has 0 fully saturated rings. The van der Waals surface area contributed by atoms with Crippen LogP contribution in [0.15, 0.2) is 53.1 Å². The Hall–Kier alpha value is -2.58. The average molecular weight is 339 g/mol. The van der Waals surface area contributed by atoms with Crippen LogP contribution in [0.25, 0.3) is 10.9 Å². The lowest BCUT2D eigenvalue weighted by Crippen LogP contribution is -1.97. The van der Waals surface area contributed by atoms with Gasteiger partial charge in [-0.2, -0.15) is 5.26 Å². The van der Waals surface area contributed by atoms with E-state index in [9.17, 15) is 5.26 Å². The lowest BCUT2D eigenvalue weighted by atomic mass is 10.1. The summed E-state index contributed by atoms with van der Waals surface area (Å²) in [5.41, 5.74) is 9.50. The van der Waals surface area contributed by atoms with E-state index in [-0.39, 0.29) is 0 Å². The summed E-state index contributed by atoms with van der Waals surface area (Å²) in [5, 5.41) is 13.4. The highest BCUT2D eigenvalue weighted by molar-refractivity contribution is 9.10. The predicted molar refractivity (Wildman–Crippen MR) is 88.3 cm³/mol. The van der Waals surface area contributed by atoms with Crippen molar-refractivity contribution in [1.82, 2.24) is 4.98 Å². The van der Waals surface area contributed by atoms with Crippen molar-refractivity contribution in [3.63, 3.8) is 0 Å². The molecule has 0 bridgehead atoms. The number of aromatic nitrogens is 1. The molecule has 0 radical (unpaired) electrons. The molecule has 2 aromatic carbocycles. The van der Waals surface area contributed by atoms with Gasteiger partial charge < -0.3 is 11.1 Å². The van der Waals surface area contributed by atoms with Crippen molar-refractivity contribution in [2.75, 3.05) is 11.1 Å². The van der Waals surface area contributed by atoms with Crippen LogP contribution in [-0.2, 0) is 0 Å². The predicted octanol–water partition coefficient (Wildman–Crippen LogP) is 4.19. The molecule has 1 heterocycles. The molecule has 0 aliphatic heterocycles. The van der Waals surface area contributed by atoms with Crippen molar-refractivity contribution in [2.45, 2.75) is 0 Å². The van der Waals surface area contributed by atoms with Gasteiger partial charge in [0, 0.05) is 21.7 Å². The van der Waals surface area contributed by atoms with Gasteiger partial charge in [0.2, 0.25) is 0 Å². The van der Waals surface area contributed by atoms with Gasteiger partial charge >= 0.3 is 0 Å². The second-order valence-corrected chi connectivity index (χ2v) is 5.44. The lowest BCUT2D eigenvalue weighted by Gasteiger charge is -2.12. The summed E-state index contributed by atoms with van der Waals surface area (Å²) in [7, 11) is 0. The van der Waals surface area contributed by atoms with Crippen LogP contribution >= 0.6 is 15.9 Å². The number of anilines is 3. The molecule has 3 aromatic rings. The van der Waals surface area contributed by atoms with E-state index in [0.717, 1.165) is 26.8 Å². The fourth-order valence-corrected chi connectivity index (χ4v) is 2.53. The van der Waals surface area contributed by atoms with E-state index in [4.69, 9.17) is 5.73 Å². The molecule has 0 saturated carbocycles. The molecule has 3 rings (SSSR count). The van der Waals surface area contributed by atoms with Crippen LogP contribution in [0, 0.1) is 11.3 Å². The molecular formula is C16H11BrN4. The van der Waals surface area contributed by atoms with Crippen molar-refractivity contribution in [3.8, 4) is 6.07 Å². The van der Waals surface area contributed by atoms with E-state index in [1.807, 2.05) is 36.4 Å². The van der Waals surface area contributed by atoms with Crippen LogP contribution in [0.2, 0.25) is 0 Å². The van der Waals surface area contributed by atoms with Gasteiger partial charge in [-0.15, -0.1) is 0 Å². The highest BCUT2D eigenvalue weighted by Crippen LogP contribution is 2.31. The molecule has 102 valence electrons. The minimum Gasteiger partial charge on any atom is -0.397 e. The Morgan fingerprint density at radius 2 is 2.00 bits per heavy atom. The molecule has 0 spiro atoms. The fraction of sp³-hybridized carbons (Fsp3) is 0. The zero-order chi connectivity index (χ0) is 14.8. The van der Waals surface area contributed by atoms with Crippen LogP contribution < -0.4 is 11.1 Å². The van der Waals surface area contributed by atoms with Gasteiger partial charge in [0.1, 0.15) is 6.07 Å². The van der Waals surface area contributed by atoms with Crippen LogP contribution in [0.3, 0.4) is 0 Å². The third-order valence-corrected chi connectivity index (χ3v) is 3.67. The van der Waals surface area contributed by atoms with E-state index in [1.165, 1.54) is 0 Å². The largest absolute Gasteiger partial charge is 0.397 e. The second-order valence-electron chi connectivity index (χ2n) is 4.53. The van der Waals surface area contributed by atoms with E-state index in [0.29, 0.717) is 11.3 Å². The number of nitrogens with zero attached hydrogens (tertiary/aromatic N) is 2. The molecule has 0 aliphatic carbocycles. The highest BCUT2D eigenvalue weighted by atomic mass is 79.9. The summed E-state index contributed by atoms with van der Waals surface area (Å²) in [6, 6.07) is 15.2. The van der Waals surface area contributed by atoms with Crippen LogP contribution in [0.4, 0.5) is 17.1 Å². The van der Waals surface area contributed by atoms with Crippen LogP contribution in [-0.4, -0.2) is 4.98 Å². The summed E-state index contributed by atoms with van der Waals surface area (Å²) in [6.45, 7) is 0. The summed E-state index contributed by atoms with van der Waals surface area (Å²) in [4.78, 5) is 4.30.